The maximum absolute atomic E-state index is 4.52. The molecule has 0 heterocycles. The molecule has 0 aliphatic heterocycles. The maximum atomic E-state index is 4.52. The van der Waals surface area contributed by atoms with E-state index >= 15 is 0 Å². The second-order valence-corrected chi connectivity index (χ2v) is 11.5. The van der Waals surface area contributed by atoms with Gasteiger partial charge in [-0.3, -0.25) is 0 Å². The predicted octanol–water partition coefficient (Wildman–Crippen LogP) is 11.5. The summed E-state index contributed by atoms with van der Waals surface area (Å²) in [6.07, 6.45) is 18.3. The molecular formula is C41H45N. The van der Waals surface area contributed by atoms with E-state index < -0.39 is 0 Å². The van der Waals surface area contributed by atoms with Crippen LogP contribution >= 0.6 is 0 Å². The summed E-state index contributed by atoms with van der Waals surface area (Å²) in [4.78, 5) is 2.22. The first-order chi connectivity index (χ1) is 20.5. The normalized spacial score (nSPS) is 22.0. The zero-order chi connectivity index (χ0) is 29.8. The second-order valence-electron chi connectivity index (χ2n) is 11.5. The number of hydrogen-bond donors (Lipinski definition) is 0. The van der Waals surface area contributed by atoms with E-state index in [-0.39, 0.29) is 0 Å². The van der Waals surface area contributed by atoms with Crippen LogP contribution in [-0.2, 0) is 0 Å². The van der Waals surface area contributed by atoms with Crippen molar-refractivity contribution in [1.29, 1.82) is 0 Å². The molecule has 0 bridgehead atoms. The highest BCUT2D eigenvalue weighted by atomic mass is 15.1. The Morgan fingerprint density at radius 1 is 0.810 bits per heavy atom. The molecule has 6 rings (SSSR count). The van der Waals surface area contributed by atoms with Crippen molar-refractivity contribution in [3.63, 3.8) is 0 Å². The van der Waals surface area contributed by atoms with Gasteiger partial charge in [-0.05, 0) is 94.1 Å². The molecule has 0 aromatic heterocycles. The van der Waals surface area contributed by atoms with Crippen LogP contribution in [0.25, 0.3) is 32.3 Å². The lowest BCUT2D eigenvalue weighted by Gasteiger charge is -2.38. The van der Waals surface area contributed by atoms with Crippen molar-refractivity contribution in [3.8, 4) is 0 Å². The van der Waals surface area contributed by atoms with Crippen molar-refractivity contribution in [1.82, 2.24) is 4.90 Å². The summed E-state index contributed by atoms with van der Waals surface area (Å²) >= 11 is 0. The molecule has 4 aromatic rings. The van der Waals surface area contributed by atoms with Crippen molar-refractivity contribution in [2.45, 2.75) is 46.5 Å². The molecule has 4 aromatic carbocycles. The summed E-state index contributed by atoms with van der Waals surface area (Å²) in [5.41, 5.74) is 4.91. The number of rotatable bonds is 6. The van der Waals surface area contributed by atoms with Gasteiger partial charge in [0.05, 0.1) is 0 Å². The standard InChI is InChI=1S/C39H39N.C2H6/c1-6-12-26(3)38(7-2)40(5)27(4)29-18-19-31-24-32(21-20-30(31)23-29)37-25-33-22-17-28-13-8-9-14-34(28)39(33)36-16-11-10-15-35(36)37;1-2/h6-22,25,29-32H,2,4,23-24H2,1,3,5H3;1-2H3/b12-6-,38-26+;. The Labute approximate surface area is 252 Å². The molecule has 0 amide bonds. The van der Waals surface area contributed by atoms with Crippen LogP contribution in [0.15, 0.2) is 139 Å². The SMILES string of the molecule is C=C/C(=C(C)\C=C/C)N(C)C(=C)C1C=CC2CC(c3cc4ccc5ccccc5c4c4ccccc34)C=CC2C1.CC. The van der Waals surface area contributed by atoms with Gasteiger partial charge >= 0.3 is 0 Å². The summed E-state index contributed by atoms with van der Waals surface area (Å²) in [5, 5.41) is 8.09. The van der Waals surface area contributed by atoms with Gasteiger partial charge in [-0.25, -0.2) is 0 Å². The smallest absolute Gasteiger partial charge is 0.0429 e. The molecule has 0 radical (unpaired) electrons. The van der Waals surface area contributed by atoms with Gasteiger partial charge in [0.25, 0.3) is 0 Å². The average molecular weight is 552 g/mol. The summed E-state index contributed by atoms with van der Waals surface area (Å²) in [5.74, 6) is 1.83. The van der Waals surface area contributed by atoms with E-state index in [0.29, 0.717) is 23.7 Å². The van der Waals surface area contributed by atoms with Crippen LogP contribution in [0.4, 0.5) is 0 Å². The summed E-state index contributed by atoms with van der Waals surface area (Å²) in [6, 6.07) is 24.8. The lowest BCUT2D eigenvalue weighted by molar-refractivity contribution is 0.323. The molecule has 0 spiro atoms. The van der Waals surface area contributed by atoms with Crippen molar-refractivity contribution in [2.75, 3.05) is 7.05 Å². The molecule has 2 aliphatic carbocycles. The predicted molar refractivity (Wildman–Crippen MR) is 186 cm³/mol. The summed E-state index contributed by atoms with van der Waals surface area (Å²) in [6.45, 7) is 16.8. The minimum atomic E-state index is 0.329. The van der Waals surface area contributed by atoms with Crippen LogP contribution in [-0.4, -0.2) is 11.9 Å². The first kappa shape index (κ1) is 29.4. The Balaban J connectivity index is 0.00000173. The van der Waals surface area contributed by atoms with E-state index in [1.807, 2.05) is 19.9 Å². The van der Waals surface area contributed by atoms with Crippen LogP contribution in [0.5, 0.6) is 0 Å². The molecule has 0 fully saturated rings. The molecule has 0 N–H and O–H groups in total. The van der Waals surface area contributed by atoms with Gasteiger partial charge < -0.3 is 4.90 Å². The van der Waals surface area contributed by atoms with Crippen molar-refractivity contribution in [3.05, 3.63) is 145 Å². The Bertz CT molecular complexity index is 1740. The van der Waals surface area contributed by atoms with E-state index in [9.17, 15) is 0 Å². The van der Waals surface area contributed by atoms with E-state index in [4.69, 9.17) is 0 Å². The van der Waals surface area contributed by atoms with E-state index in [2.05, 4.69) is 142 Å². The van der Waals surface area contributed by atoms with Crippen molar-refractivity contribution < 1.29 is 0 Å². The highest BCUT2D eigenvalue weighted by Crippen LogP contribution is 2.45. The minimum Gasteiger partial charge on any atom is -0.348 e. The number of benzene rings is 4. The molecule has 2 aliphatic rings. The first-order valence-electron chi connectivity index (χ1n) is 15.6. The van der Waals surface area contributed by atoms with Crippen molar-refractivity contribution >= 4 is 32.3 Å². The minimum absolute atomic E-state index is 0.329. The van der Waals surface area contributed by atoms with Crippen molar-refractivity contribution in [2.24, 2.45) is 17.8 Å². The zero-order valence-corrected chi connectivity index (χ0v) is 26.0. The Hall–Kier alpha value is -4.10. The van der Waals surface area contributed by atoms with Crippen LogP contribution < -0.4 is 0 Å². The highest BCUT2D eigenvalue weighted by molar-refractivity contribution is 6.21. The first-order valence-corrected chi connectivity index (χ1v) is 15.6. The zero-order valence-electron chi connectivity index (χ0n) is 26.0. The van der Waals surface area contributed by atoms with E-state index in [1.165, 1.54) is 43.5 Å². The molecule has 214 valence electrons. The van der Waals surface area contributed by atoms with Crippen LogP contribution in [0, 0.1) is 17.8 Å². The number of fused-ring (bicyclic) bond motifs is 6. The molecule has 42 heavy (non-hydrogen) atoms. The lowest BCUT2D eigenvalue weighted by Crippen LogP contribution is -2.29. The molecule has 1 heteroatoms. The fraction of sp³-hybridized carbons (Fsp3) is 0.268. The van der Waals surface area contributed by atoms with Gasteiger partial charge in [0.15, 0.2) is 0 Å². The highest BCUT2D eigenvalue weighted by Gasteiger charge is 2.32. The summed E-state index contributed by atoms with van der Waals surface area (Å²) in [7, 11) is 2.12. The fourth-order valence-electron chi connectivity index (χ4n) is 7.08. The topological polar surface area (TPSA) is 3.24 Å². The Morgan fingerprint density at radius 2 is 1.45 bits per heavy atom. The lowest BCUT2D eigenvalue weighted by atomic mass is 9.69. The largest absolute Gasteiger partial charge is 0.348 e. The number of likely N-dealkylation sites (N-methyl/N-ethyl adjacent to an activating group) is 1. The molecule has 0 saturated heterocycles. The number of nitrogens with zero attached hydrogens (tertiary/aromatic N) is 1. The van der Waals surface area contributed by atoms with Gasteiger partial charge in [0.1, 0.15) is 0 Å². The second kappa shape index (κ2) is 12.8. The third kappa shape index (κ3) is 5.41. The van der Waals surface area contributed by atoms with Gasteiger partial charge in [-0.1, -0.05) is 124 Å². The fourth-order valence-corrected chi connectivity index (χ4v) is 7.08. The summed E-state index contributed by atoms with van der Waals surface area (Å²) < 4.78 is 0. The third-order valence-corrected chi connectivity index (χ3v) is 9.20. The Kier molecular flexibility index (Phi) is 8.97. The van der Waals surface area contributed by atoms with E-state index in [1.54, 1.807) is 0 Å². The Morgan fingerprint density at radius 3 is 2.19 bits per heavy atom. The third-order valence-electron chi connectivity index (χ3n) is 9.20. The van der Waals surface area contributed by atoms with Gasteiger partial charge in [-0.15, -0.1) is 0 Å². The van der Waals surface area contributed by atoms with Crippen LogP contribution in [0.2, 0.25) is 0 Å². The molecule has 4 atom stereocenters. The average Bonchev–Trinajstić information content (AvgIpc) is 3.04. The molecule has 0 saturated carbocycles. The van der Waals surface area contributed by atoms with Gasteiger partial charge in [0.2, 0.25) is 0 Å². The number of hydrogen-bond acceptors (Lipinski definition) is 1. The van der Waals surface area contributed by atoms with Crippen LogP contribution in [0.3, 0.4) is 0 Å². The number of allylic oxidation sites excluding steroid dienone is 8. The molecule has 4 unspecified atom stereocenters. The van der Waals surface area contributed by atoms with Gasteiger partial charge in [-0.2, -0.15) is 0 Å². The van der Waals surface area contributed by atoms with E-state index in [0.717, 1.165) is 24.2 Å². The molecule has 1 nitrogen and oxygen atoms in total. The quantitative estimate of drug-likeness (QED) is 0.131. The maximum Gasteiger partial charge on any atom is 0.0429 e. The van der Waals surface area contributed by atoms with Gasteiger partial charge in [0, 0.05) is 30.3 Å². The monoisotopic (exact) mass is 551 g/mol. The molecular weight excluding hydrogens is 506 g/mol. The van der Waals surface area contributed by atoms with Crippen LogP contribution in [0.1, 0.15) is 52.0 Å².